The van der Waals surface area contributed by atoms with Crippen LogP contribution in [0.4, 0.5) is 0 Å². The number of hydrogen-bond donors (Lipinski definition) is 0. The number of piperazine rings is 1. The Morgan fingerprint density at radius 1 is 1.04 bits per heavy atom. The Balaban J connectivity index is 1.36. The molecule has 9 heteroatoms. The van der Waals surface area contributed by atoms with E-state index in [1.54, 1.807) is 40.3 Å². The fraction of sp³-hybridized carbons (Fsp3) is 0.316. The first-order valence-corrected chi connectivity index (χ1v) is 9.16. The summed E-state index contributed by atoms with van der Waals surface area (Å²) in [5.41, 5.74) is 0.855. The molecule has 0 spiro atoms. The molecule has 4 heterocycles. The van der Waals surface area contributed by atoms with Crippen molar-refractivity contribution in [2.24, 2.45) is 0 Å². The lowest BCUT2D eigenvalue weighted by atomic mass is 10.2. The highest BCUT2D eigenvalue weighted by molar-refractivity contribution is 5.76. The van der Waals surface area contributed by atoms with E-state index >= 15 is 0 Å². The van der Waals surface area contributed by atoms with Crippen LogP contribution in [0.1, 0.15) is 5.56 Å². The molecule has 1 aliphatic rings. The van der Waals surface area contributed by atoms with Gasteiger partial charge in [-0.25, -0.2) is 9.36 Å². The average Bonchev–Trinajstić information content (AvgIpc) is 3.26. The van der Waals surface area contributed by atoms with Gasteiger partial charge in [0.2, 0.25) is 5.91 Å². The van der Waals surface area contributed by atoms with Gasteiger partial charge in [-0.1, -0.05) is 6.07 Å². The smallest absolute Gasteiger partial charge is 0.267 e. The van der Waals surface area contributed by atoms with Crippen LogP contribution >= 0.6 is 0 Å². The minimum Gasteiger partial charge on any atom is -0.339 e. The van der Waals surface area contributed by atoms with Crippen molar-refractivity contribution in [3.63, 3.8) is 0 Å². The summed E-state index contributed by atoms with van der Waals surface area (Å²) in [7, 11) is 0. The van der Waals surface area contributed by atoms with Gasteiger partial charge in [-0.05, 0) is 23.8 Å². The van der Waals surface area contributed by atoms with Crippen molar-refractivity contribution in [1.29, 1.82) is 0 Å². The molecule has 0 radical (unpaired) electrons. The van der Waals surface area contributed by atoms with Gasteiger partial charge in [0.05, 0.1) is 0 Å². The Morgan fingerprint density at radius 2 is 1.89 bits per heavy atom. The number of hydrogen-bond acceptors (Lipinski definition) is 6. The third-order valence-electron chi connectivity index (χ3n) is 4.73. The molecule has 0 aromatic carbocycles. The minimum atomic E-state index is -0.306. The molecule has 0 unspecified atom stereocenters. The second-order valence-corrected chi connectivity index (χ2v) is 6.66. The van der Waals surface area contributed by atoms with E-state index in [1.165, 1.54) is 10.7 Å². The number of carbonyl (C=O) groups is 1. The van der Waals surface area contributed by atoms with E-state index in [0.717, 1.165) is 25.2 Å². The summed E-state index contributed by atoms with van der Waals surface area (Å²) >= 11 is 0. The summed E-state index contributed by atoms with van der Waals surface area (Å²) in [6.45, 7) is 3.59. The van der Waals surface area contributed by atoms with Gasteiger partial charge in [-0.15, -0.1) is 5.10 Å². The van der Waals surface area contributed by atoms with Gasteiger partial charge < -0.3 is 4.90 Å². The van der Waals surface area contributed by atoms with Gasteiger partial charge in [-0.2, -0.15) is 5.10 Å². The fourth-order valence-corrected chi connectivity index (χ4v) is 3.21. The topological polar surface area (TPSA) is 89.1 Å². The average molecular weight is 379 g/mol. The van der Waals surface area contributed by atoms with E-state index in [-0.39, 0.29) is 18.0 Å². The highest BCUT2D eigenvalue weighted by Crippen LogP contribution is 2.08. The first-order valence-electron chi connectivity index (χ1n) is 9.16. The molecule has 1 amide bonds. The number of carbonyl (C=O) groups excluding carboxylic acids is 1. The molecular formula is C19H21N7O2. The molecule has 1 fully saturated rings. The maximum absolute atomic E-state index is 12.7. The zero-order valence-electron chi connectivity index (χ0n) is 15.4. The van der Waals surface area contributed by atoms with Crippen LogP contribution in [0.2, 0.25) is 0 Å². The lowest BCUT2D eigenvalue weighted by Crippen LogP contribution is -2.49. The predicted octanol–water partition coefficient (Wildman–Crippen LogP) is 0.168. The van der Waals surface area contributed by atoms with Crippen molar-refractivity contribution in [3.8, 4) is 5.82 Å². The predicted molar refractivity (Wildman–Crippen MR) is 102 cm³/mol. The molecule has 0 aliphatic carbocycles. The molecule has 3 aromatic rings. The summed E-state index contributed by atoms with van der Waals surface area (Å²) in [5.74, 6) is 0.395. The zero-order valence-corrected chi connectivity index (χ0v) is 15.4. The molecule has 4 rings (SSSR count). The van der Waals surface area contributed by atoms with Crippen molar-refractivity contribution >= 4 is 5.91 Å². The van der Waals surface area contributed by atoms with Crippen LogP contribution in [0, 0.1) is 0 Å². The molecule has 28 heavy (non-hydrogen) atoms. The highest BCUT2D eigenvalue weighted by Gasteiger charge is 2.22. The quantitative estimate of drug-likeness (QED) is 0.628. The minimum absolute atomic E-state index is 0.0729. The molecule has 0 atom stereocenters. The van der Waals surface area contributed by atoms with E-state index in [0.29, 0.717) is 18.9 Å². The second kappa shape index (κ2) is 8.13. The van der Waals surface area contributed by atoms with Crippen LogP contribution < -0.4 is 5.56 Å². The monoisotopic (exact) mass is 379 g/mol. The van der Waals surface area contributed by atoms with Crippen molar-refractivity contribution < 1.29 is 4.79 Å². The SMILES string of the molecule is O=C(Cn1nc(-n2cccn2)ccc1=O)N1CCN(Cc2cccnc2)CC1. The Kier molecular flexibility index (Phi) is 5.24. The summed E-state index contributed by atoms with van der Waals surface area (Å²) in [6, 6.07) is 8.75. The van der Waals surface area contributed by atoms with Crippen molar-refractivity contribution in [2.75, 3.05) is 26.2 Å². The van der Waals surface area contributed by atoms with Gasteiger partial charge in [0.15, 0.2) is 5.82 Å². The molecular weight excluding hydrogens is 358 g/mol. The molecule has 3 aromatic heterocycles. The number of nitrogens with zero attached hydrogens (tertiary/aromatic N) is 7. The number of rotatable bonds is 5. The molecule has 1 aliphatic heterocycles. The van der Waals surface area contributed by atoms with Gasteiger partial charge in [-0.3, -0.25) is 19.5 Å². The third-order valence-corrected chi connectivity index (χ3v) is 4.73. The standard InChI is InChI=1S/C19H21N7O2/c27-18-5-4-17(25-8-2-7-21-25)22-26(18)15-19(28)24-11-9-23(10-12-24)14-16-3-1-6-20-13-16/h1-8,13H,9-12,14-15H2. The summed E-state index contributed by atoms with van der Waals surface area (Å²) in [6.07, 6.45) is 6.99. The van der Waals surface area contributed by atoms with Crippen molar-refractivity contribution in [2.45, 2.75) is 13.1 Å². The Labute approximate surface area is 161 Å². The van der Waals surface area contributed by atoms with Crippen LogP contribution in [0.5, 0.6) is 0 Å². The normalized spacial score (nSPS) is 14.9. The van der Waals surface area contributed by atoms with E-state index < -0.39 is 0 Å². The first kappa shape index (κ1) is 18.1. The van der Waals surface area contributed by atoms with Crippen LogP contribution in [0.3, 0.4) is 0 Å². The third kappa shape index (κ3) is 4.15. The lowest BCUT2D eigenvalue weighted by molar-refractivity contribution is -0.133. The first-order chi connectivity index (χ1) is 13.7. The Hall–Kier alpha value is -3.33. The fourth-order valence-electron chi connectivity index (χ4n) is 3.21. The van der Waals surface area contributed by atoms with E-state index in [9.17, 15) is 9.59 Å². The second-order valence-electron chi connectivity index (χ2n) is 6.66. The summed E-state index contributed by atoms with van der Waals surface area (Å²) < 4.78 is 2.75. The van der Waals surface area contributed by atoms with Gasteiger partial charge >= 0.3 is 0 Å². The Morgan fingerprint density at radius 3 is 2.61 bits per heavy atom. The van der Waals surface area contributed by atoms with Gasteiger partial charge in [0, 0.05) is 63.6 Å². The van der Waals surface area contributed by atoms with Crippen molar-refractivity contribution in [1.82, 2.24) is 34.3 Å². The van der Waals surface area contributed by atoms with Crippen LogP contribution in [0.25, 0.3) is 5.82 Å². The van der Waals surface area contributed by atoms with E-state index in [4.69, 9.17) is 0 Å². The molecule has 0 saturated carbocycles. The van der Waals surface area contributed by atoms with E-state index in [1.807, 2.05) is 12.3 Å². The molecule has 144 valence electrons. The van der Waals surface area contributed by atoms with Crippen LogP contribution in [0.15, 0.2) is 59.9 Å². The largest absolute Gasteiger partial charge is 0.339 e. The lowest BCUT2D eigenvalue weighted by Gasteiger charge is -2.34. The van der Waals surface area contributed by atoms with E-state index in [2.05, 4.69) is 26.1 Å². The maximum atomic E-state index is 12.7. The zero-order chi connectivity index (χ0) is 19.3. The molecule has 0 bridgehead atoms. The van der Waals surface area contributed by atoms with Gasteiger partial charge in [0.1, 0.15) is 6.54 Å². The van der Waals surface area contributed by atoms with Gasteiger partial charge in [0.25, 0.3) is 5.56 Å². The Bertz CT molecular complexity index is 977. The van der Waals surface area contributed by atoms with Crippen molar-refractivity contribution in [3.05, 3.63) is 71.0 Å². The van der Waals surface area contributed by atoms with Crippen LogP contribution in [-0.2, 0) is 17.9 Å². The molecule has 0 N–H and O–H groups in total. The number of aromatic nitrogens is 5. The maximum Gasteiger partial charge on any atom is 0.267 e. The number of pyridine rings is 1. The molecule has 9 nitrogen and oxygen atoms in total. The highest BCUT2D eigenvalue weighted by atomic mass is 16.2. The molecule has 1 saturated heterocycles. The summed E-state index contributed by atoms with van der Waals surface area (Å²) in [4.78, 5) is 33.0. The number of amides is 1. The van der Waals surface area contributed by atoms with Crippen LogP contribution in [-0.4, -0.2) is 66.4 Å². The summed E-state index contributed by atoms with van der Waals surface area (Å²) in [5, 5.41) is 8.36.